The summed E-state index contributed by atoms with van der Waals surface area (Å²) in [6.07, 6.45) is 2.43. The van der Waals surface area contributed by atoms with Gasteiger partial charge in [-0.25, -0.2) is 5.01 Å². The van der Waals surface area contributed by atoms with Crippen molar-refractivity contribution in [2.24, 2.45) is 0 Å². The Morgan fingerprint density at radius 3 is 2.53 bits per heavy atom. The third kappa shape index (κ3) is 5.18. The van der Waals surface area contributed by atoms with E-state index in [9.17, 15) is 4.79 Å². The summed E-state index contributed by atoms with van der Waals surface area (Å²) in [5, 5.41) is 1.67. The molecule has 1 N–H and O–H groups in total. The van der Waals surface area contributed by atoms with Crippen molar-refractivity contribution in [3.8, 4) is 0 Å². The molecule has 0 spiro atoms. The van der Waals surface area contributed by atoms with E-state index in [1.54, 1.807) is 5.01 Å². The van der Waals surface area contributed by atoms with Crippen molar-refractivity contribution in [3.63, 3.8) is 0 Å². The van der Waals surface area contributed by atoms with Crippen LogP contribution in [0, 0.1) is 0 Å². The van der Waals surface area contributed by atoms with E-state index in [0.29, 0.717) is 6.42 Å². The Kier molecular flexibility index (Phi) is 4.84. The maximum atomic E-state index is 11.3. The highest BCUT2D eigenvalue weighted by Gasteiger charge is 2.01. The molecule has 0 bridgehead atoms. The van der Waals surface area contributed by atoms with E-state index in [4.69, 9.17) is 0 Å². The van der Waals surface area contributed by atoms with E-state index >= 15 is 0 Å². The highest BCUT2D eigenvalue weighted by molar-refractivity contribution is 5.75. The number of nitrogens with zero attached hydrogens (tertiary/aromatic N) is 1. The van der Waals surface area contributed by atoms with E-state index < -0.39 is 0 Å². The van der Waals surface area contributed by atoms with Crippen LogP contribution in [-0.4, -0.2) is 25.0 Å². The van der Waals surface area contributed by atoms with E-state index in [-0.39, 0.29) is 5.91 Å². The lowest BCUT2D eigenvalue weighted by Crippen LogP contribution is -2.35. The molecule has 0 aliphatic carbocycles. The smallest absolute Gasteiger partial charge is 0.234 e. The summed E-state index contributed by atoms with van der Waals surface area (Å²) in [5.74, 6) is 0.0796. The molecule has 1 aromatic carbocycles. The predicted molar refractivity (Wildman–Crippen MR) is 61.2 cm³/mol. The van der Waals surface area contributed by atoms with Crippen LogP contribution < -0.4 is 5.43 Å². The summed E-state index contributed by atoms with van der Waals surface area (Å²) >= 11 is 0. The van der Waals surface area contributed by atoms with Crippen LogP contribution in [0.15, 0.2) is 30.3 Å². The number of nitrogens with one attached hydrogen (secondary N) is 1. The summed E-state index contributed by atoms with van der Waals surface area (Å²) in [7, 11) is 3.63. The van der Waals surface area contributed by atoms with Gasteiger partial charge < -0.3 is 0 Å². The number of hydrogen-bond donors (Lipinski definition) is 1. The first kappa shape index (κ1) is 11.7. The van der Waals surface area contributed by atoms with E-state index in [0.717, 1.165) is 12.8 Å². The van der Waals surface area contributed by atoms with Crippen LogP contribution in [0.1, 0.15) is 18.4 Å². The number of hydrogen-bond acceptors (Lipinski definition) is 2. The first-order valence-electron chi connectivity index (χ1n) is 5.19. The van der Waals surface area contributed by atoms with Gasteiger partial charge in [-0.2, -0.15) is 0 Å². The Hall–Kier alpha value is -1.35. The van der Waals surface area contributed by atoms with Crippen molar-refractivity contribution in [2.75, 3.05) is 14.1 Å². The molecule has 1 amide bonds. The van der Waals surface area contributed by atoms with Gasteiger partial charge in [0.2, 0.25) is 5.91 Å². The van der Waals surface area contributed by atoms with E-state index in [2.05, 4.69) is 17.6 Å². The standard InChI is InChI=1S/C12H18N2O/c1-14(2)13-12(15)10-6-9-11-7-4-3-5-8-11/h3-5,7-8H,6,9-10H2,1-2H3,(H,13,15). The normalized spacial score (nSPS) is 10.3. The van der Waals surface area contributed by atoms with Crippen molar-refractivity contribution < 1.29 is 4.79 Å². The second-order valence-corrected chi connectivity index (χ2v) is 3.77. The lowest BCUT2D eigenvalue weighted by molar-refractivity contribution is -0.124. The quantitative estimate of drug-likeness (QED) is 0.742. The van der Waals surface area contributed by atoms with Gasteiger partial charge in [-0.05, 0) is 18.4 Å². The van der Waals surface area contributed by atoms with Crippen LogP contribution in [0.25, 0.3) is 0 Å². The molecule has 0 saturated carbocycles. The van der Waals surface area contributed by atoms with Crippen LogP contribution in [-0.2, 0) is 11.2 Å². The van der Waals surface area contributed by atoms with Crippen molar-refractivity contribution in [1.82, 2.24) is 10.4 Å². The molecule has 0 fully saturated rings. The number of rotatable bonds is 5. The zero-order chi connectivity index (χ0) is 11.1. The van der Waals surface area contributed by atoms with Crippen molar-refractivity contribution in [1.29, 1.82) is 0 Å². The molecular formula is C12H18N2O. The fourth-order valence-corrected chi connectivity index (χ4v) is 1.40. The lowest BCUT2D eigenvalue weighted by Gasteiger charge is -2.11. The number of carbonyl (C=O) groups excluding carboxylic acids is 1. The summed E-state index contributed by atoms with van der Waals surface area (Å²) in [5.41, 5.74) is 4.01. The Morgan fingerprint density at radius 1 is 1.27 bits per heavy atom. The minimum Gasteiger partial charge on any atom is -0.289 e. The molecule has 3 nitrogen and oxygen atoms in total. The van der Waals surface area contributed by atoms with Gasteiger partial charge in [0.05, 0.1) is 0 Å². The van der Waals surface area contributed by atoms with Gasteiger partial charge in [0.15, 0.2) is 0 Å². The molecule has 1 rings (SSSR count). The average Bonchev–Trinajstić information content (AvgIpc) is 2.18. The Bertz CT molecular complexity index is 296. The van der Waals surface area contributed by atoms with Crippen LogP contribution >= 0.6 is 0 Å². The molecule has 0 atom stereocenters. The van der Waals surface area contributed by atoms with E-state index in [1.165, 1.54) is 5.56 Å². The molecule has 0 aliphatic heterocycles. The Balaban J connectivity index is 2.19. The summed E-state index contributed by atoms with van der Waals surface area (Å²) < 4.78 is 0. The maximum Gasteiger partial charge on any atom is 0.234 e. The fourth-order valence-electron chi connectivity index (χ4n) is 1.40. The summed E-state index contributed by atoms with van der Waals surface area (Å²) in [6, 6.07) is 10.2. The molecule has 0 aliphatic rings. The monoisotopic (exact) mass is 206 g/mol. The molecule has 1 aromatic rings. The minimum absolute atomic E-state index is 0.0796. The lowest BCUT2D eigenvalue weighted by atomic mass is 10.1. The predicted octanol–water partition coefficient (Wildman–Crippen LogP) is 1.60. The van der Waals surface area contributed by atoms with Crippen LogP contribution in [0.5, 0.6) is 0 Å². The van der Waals surface area contributed by atoms with Crippen LogP contribution in [0.2, 0.25) is 0 Å². The summed E-state index contributed by atoms with van der Waals surface area (Å²) in [6.45, 7) is 0. The Labute approximate surface area is 91.1 Å². The molecule has 0 heterocycles. The molecule has 3 heteroatoms. The average molecular weight is 206 g/mol. The van der Waals surface area contributed by atoms with Gasteiger partial charge in [-0.1, -0.05) is 30.3 Å². The SMILES string of the molecule is CN(C)NC(=O)CCCc1ccccc1. The van der Waals surface area contributed by atoms with Gasteiger partial charge >= 0.3 is 0 Å². The zero-order valence-corrected chi connectivity index (χ0v) is 9.36. The highest BCUT2D eigenvalue weighted by Crippen LogP contribution is 2.04. The van der Waals surface area contributed by atoms with Gasteiger partial charge in [0.25, 0.3) is 0 Å². The number of carbonyl (C=O) groups is 1. The van der Waals surface area contributed by atoms with Crippen molar-refractivity contribution >= 4 is 5.91 Å². The molecule has 0 radical (unpaired) electrons. The van der Waals surface area contributed by atoms with Crippen molar-refractivity contribution in [3.05, 3.63) is 35.9 Å². The first-order valence-corrected chi connectivity index (χ1v) is 5.19. The topological polar surface area (TPSA) is 32.3 Å². The second kappa shape index (κ2) is 6.19. The van der Waals surface area contributed by atoms with Gasteiger partial charge in [0.1, 0.15) is 0 Å². The summed E-state index contributed by atoms with van der Waals surface area (Å²) in [4.78, 5) is 11.3. The molecule has 0 aromatic heterocycles. The number of benzene rings is 1. The van der Waals surface area contributed by atoms with Crippen LogP contribution in [0.4, 0.5) is 0 Å². The third-order valence-electron chi connectivity index (χ3n) is 2.06. The number of hydrazine groups is 1. The minimum atomic E-state index is 0.0796. The maximum absolute atomic E-state index is 11.3. The zero-order valence-electron chi connectivity index (χ0n) is 9.36. The molecule has 82 valence electrons. The van der Waals surface area contributed by atoms with Gasteiger partial charge in [0, 0.05) is 20.5 Å². The largest absolute Gasteiger partial charge is 0.289 e. The number of aryl methyl sites for hydroxylation is 1. The van der Waals surface area contributed by atoms with E-state index in [1.807, 2.05) is 32.3 Å². The molecule has 15 heavy (non-hydrogen) atoms. The highest BCUT2D eigenvalue weighted by atomic mass is 16.2. The third-order valence-corrected chi connectivity index (χ3v) is 2.06. The molecule has 0 saturated heterocycles. The molecule has 0 unspecified atom stereocenters. The molecular weight excluding hydrogens is 188 g/mol. The fraction of sp³-hybridized carbons (Fsp3) is 0.417. The Morgan fingerprint density at radius 2 is 1.93 bits per heavy atom. The van der Waals surface area contributed by atoms with Crippen LogP contribution in [0.3, 0.4) is 0 Å². The number of amides is 1. The first-order chi connectivity index (χ1) is 7.18. The van der Waals surface area contributed by atoms with Gasteiger partial charge in [-0.15, -0.1) is 0 Å². The second-order valence-electron chi connectivity index (χ2n) is 3.77. The van der Waals surface area contributed by atoms with Crippen molar-refractivity contribution in [2.45, 2.75) is 19.3 Å². The van der Waals surface area contributed by atoms with Gasteiger partial charge in [-0.3, -0.25) is 10.2 Å².